The number of hydrogen-bond acceptors (Lipinski definition) is 3. The first-order valence-electron chi connectivity index (χ1n) is 12.8. The normalized spacial score (nSPS) is 12.2. The Morgan fingerprint density at radius 3 is 2.13 bits per heavy atom. The molecule has 9 aromatic rings. The van der Waals surface area contributed by atoms with Crippen molar-refractivity contribution < 1.29 is 0 Å². The summed E-state index contributed by atoms with van der Waals surface area (Å²) < 4.78 is 3.58. The number of pyridine rings is 2. The van der Waals surface area contributed by atoms with Gasteiger partial charge in [-0.3, -0.25) is 4.40 Å². The number of aromatic nitrogens is 3. The molecule has 0 atom stereocenters. The molecule has 0 radical (unpaired) electrons. The highest BCUT2D eigenvalue weighted by atomic mass is 32.1. The van der Waals surface area contributed by atoms with E-state index in [9.17, 15) is 0 Å². The summed E-state index contributed by atoms with van der Waals surface area (Å²) in [6, 6.07) is 41.2. The minimum absolute atomic E-state index is 1.00. The van der Waals surface area contributed by atoms with E-state index in [-0.39, 0.29) is 0 Å². The van der Waals surface area contributed by atoms with Crippen LogP contribution in [0.2, 0.25) is 0 Å². The summed E-state index contributed by atoms with van der Waals surface area (Å²) in [6.07, 6.45) is 0. The van der Waals surface area contributed by atoms with E-state index in [1.807, 2.05) is 0 Å². The zero-order valence-electron chi connectivity index (χ0n) is 20.2. The van der Waals surface area contributed by atoms with Crippen LogP contribution < -0.4 is 0 Å². The van der Waals surface area contributed by atoms with Crippen LogP contribution in [0.5, 0.6) is 0 Å². The van der Waals surface area contributed by atoms with Crippen LogP contribution in [0.15, 0.2) is 115 Å². The van der Waals surface area contributed by atoms with Gasteiger partial charge >= 0.3 is 0 Å². The molecule has 5 aromatic carbocycles. The van der Waals surface area contributed by atoms with Crippen LogP contribution >= 0.6 is 11.3 Å². The van der Waals surface area contributed by atoms with Gasteiger partial charge in [0.1, 0.15) is 10.5 Å². The Kier molecular flexibility index (Phi) is 3.93. The first-order chi connectivity index (χ1) is 18.8. The number of benzene rings is 5. The van der Waals surface area contributed by atoms with Crippen LogP contribution in [0, 0.1) is 0 Å². The largest absolute Gasteiger partial charge is 0.292 e. The van der Waals surface area contributed by atoms with E-state index in [1.54, 1.807) is 11.3 Å². The lowest BCUT2D eigenvalue weighted by molar-refractivity contribution is 1.31. The second-order valence-corrected chi connectivity index (χ2v) is 10.9. The van der Waals surface area contributed by atoms with Crippen LogP contribution in [0.3, 0.4) is 0 Å². The summed E-state index contributed by atoms with van der Waals surface area (Å²) in [7, 11) is 0. The maximum Gasteiger partial charge on any atom is 0.146 e. The molecule has 0 saturated carbocycles. The maximum atomic E-state index is 5.09. The predicted molar refractivity (Wildman–Crippen MR) is 161 cm³/mol. The molecule has 0 aliphatic rings. The second kappa shape index (κ2) is 7.37. The number of para-hydroxylation sites is 3. The summed E-state index contributed by atoms with van der Waals surface area (Å²) in [6.45, 7) is 0. The molecule has 0 aliphatic carbocycles. The van der Waals surface area contributed by atoms with Crippen LogP contribution in [-0.4, -0.2) is 14.4 Å². The van der Waals surface area contributed by atoms with E-state index >= 15 is 0 Å². The van der Waals surface area contributed by atoms with E-state index in [4.69, 9.17) is 9.97 Å². The number of fused-ring (bicyclic) bond motifs is 12. The number of nitrogens with zero attached hydrogens (tertiary/aromatic N) is 3. The number of rotatable bonds is 1. The Bertz CT molecular complexity index is 2410. The summed E-state index contributed by atoms with van der Waals surface area (Å²) in [4.78, 5) is 11.2. The molecule has 0 N–H and O–H groups in total. The highest BCUT2D eigenvalue weighted by Crippen LogP contribution is 2.44. The van der Waals surface area contributed by atoms with Gasteiger partial charge in [-0.05, 0) is 47.3 Å². The van der Waals surface area contributed by atoms with Gasteiger partial charge in [-0.25, -0.2) is 9.97 Å². The van der Waals surface area contributed by atoms with Gasteiger partial charge in [-0.1, -0.05) is 78.9 Å². The third kappa shape index (κ3) is 2.62. The lowest BCUT2D eigenvalue weighted by Crippen LogP contribution is -1.93. The zero-order chi connectivity index (χ0) is 24.8. The molecule has 0 unspecified atom stereocenters. The number of imidazole rings is 1. The van der Waals surface area contributed by atoms with Gasteiger partial charge in [0.2, 0.25) is 0 Å². The van der Waals surface area contributed by atoms with Gasteiger partial charge in [0.25, 0.3) is 0 Å². The molecule has 0 fully saturated rings. The van der Waals surface area contributed by atoms with Crippen molar-refractivity contribution in [2.24, 2.45) is 0 Å². The van der Waals surface area contributed by atoms with Crippen molar-refractivity contribution in [3.63, 3.8) is 0 Å². The monoisotopic (exact) mass is 501 g/mol. The van der Waals surface area contributed by atoms with E-state index < -0.39 is 0 Å². The molecule has 38 heavy (non-hydrogen) atoms. The third-order valence-corrected chi connectivity index (χ3v) is 8.83. The SMILES string of the molecule is c1ccc2c(-c3ccc4c(c3)c3ccccc3c3nc5ccccc5n43)c3c(nc2c1)sc1ccccc13. The molecule has 0 bridgehead atoms. The minimum Gasteiger partial charge on any atom is -0.292 e. The molecule has 3 nitrogen and oxygen atoms in total. The number of thiophene rings is 1. The standard InChI is InChI=1S/C34H19N3S/c1-2-10-22-21(9-1)25-19-20(17-18-28(25)37-29-15-7-6-14-27(29)35-33(22)37)31-23-11-3-5-13-26(23)36-34-32(31)24-12-4-8-16-30(24)38-34/h1-19H. The van der Waals surface area contributed by atoms with Crippen LogP contribution in [0.4, 0.5) is 0 Å². The first-order valence-corrected chi connectivity index (χ1v) is 13.6. The van der Waals surface area contributed by atoms with Gasteiger partial charge in [-0.2, -0.15) is 0 Å². The van der Waals surface area contributed by atoms with Gasteiger partial charge < -0.3 is 0 Å². The van der Waals surface area contributed by atoms with E-state index in [0.717, 1.165) is 27.0 Å². The minimum atomic E-state index is 1.00. The number of hydrogen-bond donors (Lipinski definition) is 0. The molecule has 0 amide bonds. The third-order valence-electron chi connectivity index (χ3n) is 7.77. The van der Waals surface area contributed by atoms with E-state index in [2.05, 4.69) is 120 Å². The molecule has 4 heteroatoms. The van der Waals surface area contributed by atoms with Crippen molar-refractivity contribution in [3.05, 3.63) is 115 Å². The van der Waals surface area contributed by atoms with Crippen LogP contribution in [0.25, 0.3) is 80.7 Å². The predicted octanol–water partition coefficient (Wildman–Crippen LogP) is 9.38. The van der Waals surface area contributed by atoms with Crippen LogP contribution in [0.1, 0.15) is 0 Å². The molecule has 0 aliphatic heterocycles. The van der Waals surface area contributed by atoms with Crippen LogP contribution in [-0.2, 0) is 0 Å². The Morgan fingerprint density at radius 1 is 0.526 bits per heavy atom. The molecule has 4 heterocycles. The smallest absolute Gasteiger partial charge is 0.146 e. The van der Waals surface area contributed by atoms with Gasteiger partial charge in [0.15, 0.2) is 0 Å². The summed E-state index contributed by atoms with van der Waals surface area (Å²) >= 11 is 1.77. The molecule has 9 rings (SSSR count). The van der Waals surface area contributed by atoms with Crippen molar-refractivity contribution in [1.82, 2.24) is 14.4 Å². The Morgan fingerprint density at radius 2 is 1.24 bits per heavy atom. The van der Waals surface area contributed by atoms with Crippen molar-refractivity contribution in [1.29, 1.82) is 0 Å². The molecule has 4 aromatic heterocycles. The van der Waals surface area contributed by atoms with Gasteiger partial charge in [-0.15, -0.1) is 11.3 Å². The van der Waals surface area contributed by atoms with E-state index in [1.165, 1.54) is 53.7 Å². The molecule has 0 saturated heterocycles. The molecule has 0 spiro atoms. The Labute approximate surface area is 221 Å². The average Bonchev–Trinajstić information content (AvgIpc) is 3.54. The van der Waals surface area contributed by atoms with Crippen molar-refractivity contribution in [2.45, 2.75) is 0 Å². The fourth-order valence-corrected chi connectivity index (χ4v) is 7.24. The fourth-order valence-electron chi connectivity index (χ4n) is 6.15. The quantitative estimate of drug-likeness (QED) is 0.210. The summed E-state index contributed by atoms with van der Waals surface area (Å²) in [5, 5.41) is 7.29. The Balaban J connectivity index is 1.49. The van der Waals surface area contributed by atoms with Gasteiger partial charge in [0.05, 0.1) is 22.1 Å². The average molecular weight is 502 g/mol. The Hall–Kier alpha value is -4.80. The summed E-state index contributed by atoms with van der Waals surface area (Å²) in [5.74, 6) is 0. The van der Waals surface area contributed by atoms with Crippen molar-refractivity contribution >= 4 is 80.9 Å². The molecular weight excluding hydrogens is 482 g/mol. The summed E-state index contributed by atoms with van der Waals surface area (Å²) in [5.41, 5.74) is 7.81. The zero-order valence-corrected chi connectivity index (χ0v) is 21.0. The van der Waals surface area contributed by atoms with Crippen molar-refractivity contribution in [3.8, 4) is 11.1 Å². The topological polar surface area (TPSA) is 30.2 Å². The lowest BCUT2D eigenvalue weighted by Gasteiger charge is -2.13. The molecular formula is C34H19N3S. The highest BCUT2D eigenvalue weighted by Gasteiger charge is 2.18. The lowest BCUT2D eigenvalue weighted by atomic mass is 9.94. The maximum absolute atomic E-state index is 5.09. The van der Waals surface area contributed by atoms with Gasteiger partial charge in [0, 0.05) is 37.2 Å². The second-order valence-electron chi connectivity index (χ2n) is 9.82. The van der Waals surface area contributed by atoms with Crippen molar-refractivity contribution in [2.75, 3.05) is 0 Å². The van der Waals surface area contributed by atoms with E-state index in [0.29, 0.717) is 0 Å². The highest BCUT2D eigenvalue weighted by molar-refractivity contribution is 7.25. The first kappa shape index (κ1) is 20.3. The fraction of sp³-hybridized carbons (Fsp3) is 0. The molecule has 176 valence electrons.